The first-order chi connectivity index (χ1) is 10.3. The van der Waals surface area contributed by atoms with E-state index in [0.29, 0.717) is 12.6 Å². The van der Waals surface area contributed by atoms with Gasteiger partial charge in [0, 0.05) is 24.9 Å². The lowest BCUT2D eigenvalue weighted by Crippen LogP contribution is -2.19. The van der Waals surface area contributed by atoms with Gasteiger partial charge in [-0.2, -0.15) is 0 Å². The van der Waals surface area contributed by atoms with Crippen molar-refractivity contribution in [2.75, 3.05) is 13.2 Å². The van der Waals surface area contributed by atoms with E-state index in [1.165, 1.54) is 11.1 Å². The molecule has 0 aliphatic carbocycles. The van der Waals surface area contributed by atoms with Gasteiger partial charge in [0.2, 0.25) is 0 Å². The van der Waals surface area contributed by atoms with Gasteiger partial charge in [0.1, 0.15) is 5.75 Å². The summed E-state index contributed by atoms with van der Waals surface area (Å²) in [7, 11) is 0. The van der Waals surface area contributed by atoms with Gasteiger partial charge in [0.05, 0.1) is 6.61 Å². The van der Waals surface area contributed by atoms with Crippen LogP contribution >= 0.6 is 0 Å². The largest absolute Gasteiger partial charge is 0.493 e. The maximum absolute atomic E-state index is 5.85. The molecule has 1 aromatic heterocycles. The molecule has 0 spiro atoms. The van der Waals surface area contributed by atoms with Gasteiger partial charge in [-0.1, -0.05) is 25.1 Å². The Balaban J connectivity index is 1.86. The van der Waals surface area contributed by atoms with Crippen LogP contribution in [0.1, 0.15) is 37.4 Å². The molecule has 0 aliphatic heterocycles. The van der Waals surface area contributed by atoms with E-state index in [1.807, 2.05) is 18.3 Å². The molecule has 1 atom stereocenters. The molecule has 1 aromatic carbocycles. The lowest BCUT2D eigenvalue weighted by molar-refractivity contribution is 0.321. The molecule has 3 nitrogen and oxygen atoms in total. The maximum Gasteiger partial charge on any atom is 0.119 e. The van der Waals surface area contributed by atoms with E-state index in [2.05, 4.69) is 48.4 Å². The molecule has 0 radical (unpaired) electrons. The third kappa shape index (κ3) is 5.20. The summed E-state index contributed by atoms with van der Waals surface area (Å²) >= 11 is 0. The molecule has 0 aliphatic rings. The Hall–Kier alpha value is -1.87. The molecule has 1 N–H and O–H groups in total. The second kappa shape index (κ2) is 8.42. The normalized spacial score (nSPS) is 12.1. The van der Waals surface area contributed by atoms with Crippen LogP contribution in [0.5, 0.6) is 5.75 Å². The molecule has 2 aromatic rings. The molecule has 0 saturated heterocycles. The van der Waals surface area contributed by atoms with E-state index < -0.39 is 0 Å². The Bertz CT molecular complexity index is 528. The van der Waals surface area contributed by atoms with Crippen molar-refractivity contribution in [3.63, 3.8) is 0 Å². The van der Waals surface area contributed by atoms with Gasteiger partial charge in [0.25, 0.3) is 0 Å². The first kappa shape index (κ1) is 15.5. The summed E-state index contributed by atoms with van der Waals surface area (Å²) in [6.45, 7) is 6.07. The average Bonchev–Trinajstić information content (AvgIpc) is 2.54. The fraction of sp³-hybridized carbons (Fsp3) is 0.389. The van der Waals surface area contributed by atoms with E-state index in [0.717, 1.165) is 25.1 Å². The smallest absolute Gasteiger partial charge is 0.119 e. The molecule has 112 valence electrons. The first-order valence-electron chi connectivity index (χ1n) is 7.64. The van der Waals surface area contributed by atoms with Crippen LogP contribution < -0.4 is 10.1 Å². The second-order valence-corrected chi connectivity index (χ2v) is 5.21. The Labute approximate surface area is 127 Å². The highest BCUT2D eigenvalue weighted by Gasteiger charge is 2.05. The summed E-state index contributed by atoms with van der Waals surface area (Å²) in [4.78, 5) is 4.11. The van der Waals surface area contributed by atoms with Gasteiger partial charge in [-0.3, -0.25) is 4.98 Å². The highest BCUT2D eigenvalue weighted by atomic mass is 16.5. The van der Waals surface area contributed by atoms with Gasteiger partial charge < -0.3 is 10.1 Å². The van der Waals surface area contributed by atoms with E-state index in [9.17, 15) is 0 Å². The Morgan fingerprint density at radius 2 is 2.14 bits per heavy atom. The van der Waals surface area contributed by atoms with Crippen LogP contribution in [0.4, 0.5) is 0 Å². The molecule has 1 heterocycles. The zero-order valence-corrected chi connectivity index (χ0v) is 12.9. The van der Waals surface area contributed by atoms with Crippen molar-refractivity contribution in [2.45, 2.75) is 32.7 Å². The van der Waals surface area contributed by atoms with E-state index in [-0.39, 0.29) is 0 Å². The van der Waals surface area contributed by atoms with Crippen LogP contribution in [-0.4, -0.2) is 18.1 Å². The molecular weight excluding hydrogens is 260 g/mol. The van der Waals surface area contributed by atoms with Crippen LogP contribution in [-0.2, 0) is 6.42 Å². The third-order valence-electron chi connectivity index (χ3n) is 3.44. The first-order valence-corrected chi connectivity index (χ1v) is 7.64. The monoisotopic (exact) mass is 284 g/mol. The summed E-state index contributed by atoms with van der Waals surface area (Å²) < 4.78 is 5.85. The molecular formula is C18H24N2O. The summed E-state index contributed by atoms with van der Waals surface area (Å²) in [6.07, 6.45) is 5.70. The summed E-state index contributed by atoms with van der Waals surface area (Å²) in [6, 6.07) is 12.7. The van der Waals surface area contributed by atoms with Crippen molar-refractivity contribution < 1.29 is 4.74 Å². The molecule has 2 rings (SSSR count). The predicted molar refractivity (Wildman–Crippen MR) is 86.6 cm³/mol. The number of nitrogens with one attached hydrogen (secondary N) is 1. The van der Waals surface area contributed by atoms with Crippen LogP contribution in [0.3, 0.4) is 0 Å². The fourth-order valence-electron chi connectivity index (χ4n) is 2.19. The van der Waals surface area contributed by atoms with Crippen molar-refractivity contribution in [3.8, 4) is 5.75 Å². The van der Waals surface area contributed by atoms with Crippen LogP contribution in [0.15, 0.2) is 48.8 Å². The molecule has 21 heavy (non-hydrogen) atoms. The zero-order chi connectivity index (χ0) is 14.9. The van der Waals surface area contributed by atoms with E-state index in [1.54, 1.807) is 6.20 Å². The van der Waals surface area contributed by atoms with Crippen LogP contribution in [0.25, 0.3) is 0 Å². The van der Waals surface area contributed by atoms with Gasteiger partial charge in [-0.05, 0) is 49.2 Å². The Morgan fingerprint density at radius 3 is 2.90 bits per heavy atom. The van der Waals surface area contributed by atoms with Crippen molar-refractivity contribution in [3.05, 3.63) is 59.9 Å². The SMILES string of the molecule is CCCNC(C)c1cccc(OCCc2cccnc2)c1. The minimum atomic E-state index is 0.354. The summed E-state index contributed by atoms with van der Waals surface area (Å²) in [5.41, 5.74) is 2.47. The van der Waals surface area contributed by atoms with Crippen molar-refractivity contribution in [1.29, 1.82) is 0 Å². The third-order valence-corrected chi connectivity index (χ3v) is 3.44. The Kier molecular flexibility index (Phi) is 6.22. The number of hydrogen-bond acceptors (Lipinski definition) is 3. The number of nitrogens with zero attached hydrogens (tertiary/aromatic N) is 1. The number of hydrogen-bond donors (Lipinski definition) is 1. The predicted octanol–water partition coefficient (Wildman–Crippen LogP) is 3.76. The number of pyridine rings is 1. The molecule has 0 saturated carbocycles. The standard InChI is InChI=1S/C18H24N2O/c1-3-10-20-15(2)17-7-4-8-18(13-17)21-12-9-16-6-5-11-19-14-16/h4-8,11,13-15,20H,3,9-10,12H2,1-2H3. The minimum Gasteiger partial charge on any atom is -0.493 e. The zero-order valence-electron chi connectivity index (χ0n) is 12.9. The highest BCUT2D eigenvalue weighted by Crippen LogP contribution is 2.19. The summed E-state index contributed by atoms with van der Waals surface area (Å²) in [5.74, 6) is 0.932. The van der Waals surface area contributed by atoms with Crippen LogP contribution in [0, 0.1) is 0 Å². The number of ether oxygens (including phenoxy) is 1. The fourth-order valence-corrected chi connectivity index (χ4v) is 2.19. The Morgan fingerprint density at radius 1 is 1.24 bits per heavy atom. The topological polar surface area (TPSA) is 34.1 Å². The molecule has 0 bridgehead atoms. The number of aromatic nitrogens is 1. The van der Waals surface area contributed by atoms with Gasteiger partial charge in [-0.25, -0.2) is 0 Å². The second-order valence-electron chi connectivity index (χ2n) is 5.21. The van der Waals surface area contributed by atoms with E-state index >= 15 is 0 Å². The summed E-state index contributed by atoms with van der Waals surface area (Å²) in [5, 5.41) is 3.49. The van der Waals surface area contributed by atoms with Crippen molar-refractivity contribution in [2.24, 2.45) is 0 Å². The van der Waals surface area contributed by atoms with Gasteiger partial charge in [0.15, 0.2) is 0 Å². The molecule has 1 unspecified atom stereocenters. The number of benzene rings is 1. The molecule has 0 amide bonds. The highest BCUT2D eigenvalue weighted by molar-refractivity contribution is 5.30. The average molecular weight is 284 g/mol. The maximum atomic E-state index is 5.85. The van der Waals surface area contributed by atoms with Crippen molar-refractivity contribution >= 4 is 0 Å². The lowest BCUT2D eigenvalue weighted by Gasteiger charge is -2.15. The van der Waals surface area contributed by atoms with Gasteiger partial charge in [-0.15, -0.1) is 0 Å². The molecule has 3 heteroatoms. The minimum absolute atomic E-state index is 0.354. The van der Waals surface area contributed by atoms with Crippen LogP contribution in [0.2, 0.25) is 0 Å². The quantitative estimate of drug-likeness (QED) is 0.801. The number of rotatable bonds is 8. The molecule has 0 fully saturated rings. The van der Waals surface area contributed by atoms with Crippen molar-refractivity contribution in [1.82, 2.24) is 10.3 Å². The van der Waals surface area contributed by atoms with Gasteiger partial charge >= 0.3 is 0 Å². The van der Waals surface area contributed by atoms with E-state index in [4.69, 9.17) is 4.74 Å². The lowest BCUT2D eigenvalue weighted by atomic mass is 10.1.